The molecule has 7 heteroatoms. The fraction of sp³-hybridized carbons (Fsp3) is 0.609. The fourth-order valence-electron chi connectivity index (χ4n) is 4.96. The zero-order chi connectivity index (χ0) is 21.3. The van der Waals surface area contributed by atoms with Gasteiger partial charge in [-0.2, -0.15) is 0 Å². The van der Waals surface area contributed by atoms with E-state index in [2.05, 4.69) is 34.5 Å². The predicted molar refractivity (Wildman–Crippen MR) is 114 cm³/mol. The Hall–Kier alpha value is -2.41. The maximum atomic E-state index is 13.3. The van der Waals surface area contributed by atoms with Crippen molar-refractivity contribution in [1.29, 1.82) is 0 Å². The first-order chi connectivity index (χ1) is 14.4. The van der Waals surface area contributed by atoms with Crippen molar-refractivity contribution in [2.45, 2.75) is 57.7 Å². The van der Waals surface area contributed by atoms with Crippen molar-refractivity contribution in [3.8, 4) is 0 Å². The number of hydrogen-bond donors (Lipinski definition) is 1. The minimum Gasteiger partial charge on any atom is -0.342 e. The molecule has 3 saturated heterocycles. The molecule has 1 aromatic rings. The molecule has 0 atom stereocenters. The van der Waals surface area contributed by atoms with Crippen molar-refractivity contribution < 1.29 is 14.4 Å². The lowest BCUT2D eigenvalue weighted by atomic mass is 9.86. The highest BCUT2D eigenvalue weighted by Gasteiger charge is 2.54. The number of nitrogens with one attached hydrogen (secondary N) is 1. The molecule has 3 aliphatic heterocycles. The Bertz CT molecular complexity index is 794. The number of urea groups is 1. The van der Waals surface area contributed by atoms with E-state index < -0.39 is 5.54 Å². The molecular formula is C23H32N4O3. The van der Waals surface area contributed by atoms with Crippen LogP contribution in [0.5, 0.6) is 0 Å². The third-order valence-electron chi connectivity index (χ3n) is 6.79. The van der Waals surface area contributed by atoms with Crippen LogP contribution in [0, 0.1) is 5.92 Å². The van der Waals surface area contributed by atoms with Gasteiger partial charge in [0.15, 0.2) is 0 Å². The van der Waals surface area contributed by atoms with E-state index in [1.54, 1.807) is 0 Å². The lowest BCUT2D eigenvalue weighted by molar-refractivity contribution is -0.141. The van der Waals surface area contributed by atoms with Crippen molar-refractivity contribution in [3.63, 3.8) is 0 Å². The van der Waals surface area contributed by atoms with E-state index in [0.29, 0.717) is 25.9 Å². The van der Waals surface area contributed by atoms with Crippen LogP contribution in [-0.4, -0.2) is 70.3 Å². The van der Waals surface area contributed by atoms with E-state index >= 15 is 0 Å². The van der Waals surface area contributed by atoms with E-state index in [1.807, 2.05) is 24.8 Å². The number of carbonyl (C=O) groups excluding carboxylic acids is 3. The number of carbonyl (C=O) groups is 3. The minimum atomic E-state index is -0.827. The van der Waals surface area contributed by atoms with Gasteiger partial charge in [0.05, 0.1) is 0 Å². The summed E-state index contributed by atoms with van der Waals surface area (Å²) in [4.78, 5) is 44.0. The first-order valence-electron chi connectivity index (χ1n) is 11.1. The zero-order valence-corrected chi connectivity index (χ0v) is 18.0. The topological polar surface area (TPSA) is 73.0 Å². The maximum absolute atomic E-state index is 13.3. The average Bonchev–Trinajstić information content (AvgIpc) is 2.99. The van der Waals surface area contributed by atoms with Crippen LogP contribution in [0.25, 0.3) is 0 Å². The van der Waals surface area contributed by atoms with Crippen molar-refractivity contribution in [2.24, 2.45) is 5.92 Å². The summed E-state index contributed by atoms with van der Waals surface area (Å²) in [7, 11) is 0. The second-order valence-electron chi connectivity index (χ2n) is 9.16. The van der Waals surface area contributed by atoms with Gasteiger partial charge in [0.25, 0.3) is 5.91 Å². The van der Waals surface area contributed by atoms with Gasteiger partial charge in [0.1, 0.15) is 5.54 Å². The van der Waals surface area contributed by atoms with Gasteiger partial charge < -0.3 is 10.2 Å². The molecule has 7 nitrogen and oxygen atoms in total. The van der Waals surface area contributed by atoms with Gasteiger partial charge in [-0.25, -0.2) is 4.79 Å². The van der Waals surface area contributed by atoms with Gasteiger partial charge in [0, 0.05) is 44.7 Å². The summed E-state index contributed by atoms with van der Waals surface area (Å²) in [6.07, 6.45) is 2.61. The zero-order valence-electron chi connectivity index (χ0n) is 18.0. The predicted octanol–water partition coefficient (Wildman–Crippen LogP) is 2.22. The minimum absolute atomic E-state index is 0.0424. The fourth-order valence-corrected chi connectivity index (χ4v) is 4.96. The summed E-state index contributed by atoms with van der Waals surface area (Å²) in [5.41, 5.74) is 0.457. The third kappa shape index (κ3) is 3.95. The van der Waals surface area contributed by atoms with Crippen LogP contribution in [-0.2, 0) is 16.1 Å². The van der Waals surface area contributed by atoms with E-state index in [4.69, 9.17) is 0 Å². The molecule has 0 bridgehead atoms. The molecule has 1 N–H and O–H groups in total. The van der Waals surface area contributed by atoms with Crippen molar-refractivity contribution in [3.05, 3.63) is 35.9 Å². The van der Waals surface area contributed by atoms with Crippen LogP contribution in [0.4, 0.5) is 4.79 Å². The normalized spacial score (nSPS) is 22.8. The number of imide groups is 1. The molecule has 0 saturated carbocycles. The Labute approximate surface area is 178 Å². The van der Waals surface area contributed by atoms with Crippen molar-refractivity contribution in [1.82, 2.24) is 20.0 Å². The monoisotopic (exact) mass is 412 g/mol. The second-order valence-corrected chi connectivity index (χ2v) is 9.16. The van der Waals surface area contributed by atoms with Crippen LogP contribution in [0.1, 0.15) is 45.1 Å². The largest absolute Gasteiger partial charge is 0.342 e. The number of benzene rings is 1. The van der Waals surface area contributed by atoms with Gasteiger partial charge in [-0.05, 0) is 31.2 Å². The number of nitrogens with zero attached hydrogens (tertiary/aromatic N) is 3. The second kappa shape index (κ2) is 8.38. The Balaban J connectivity index is 1.34. The van der Waals surface area contributed by atoms with Crippen molar-refractivity contribution >= 4 is 17.8 Å². The number of amides is 4. The molecule has 0 aliphatic carbocycles. The molecular weight excluding hydrogens is 380 g/mol. The van der Waals surface area contributed by atoms with Crippen LogP contribution in [0.3, 0.4) is 0 Å². The van der Waals surface area contributed by atoms with Crippen LogP contribution < -0.4 is 5.32 Å². The maximum Gasteiger partial charge on any atom is 0.325 e. The molecule has 4 rings (SSSR count). The highest BCUT2D eigenvalue weighted by molar-refractivity contribution is 6.07. The Morgan fingerprint density at radius 1 is 1.07 bits per heavy atom. The summed E-state index contributed by atoms with van der Waals surface area (Å²) >= 11 is 0. The smallest absolute Gasteiger partial charge is 0.325 e. The van der Waals surface area contributed by atoms with E-state index in [0.717, 1.165) is 32.5 Å². The van der Waals surface area contributed by atoms with E-state index in [-0.39, 0.29) is 29.8 Å². The SMILES string of the molecule is CC(C)C(=O)N1CCC2(CC1)NC(=O)N(C1CCN(Cc3ccccc3)CC1)C2=O. The summed E-state index contributed by atoms with van der Waals surface area (Å²) < 4.78 is 0. The molecule has 0 unspecified atom stereocenters. The van der Waals surface area contributed by atoms with Gasteiger partial charge in [0.2, 0.25) is 5.91 Å². The molecule has 3 aliphatic rings. The molecule has 3 heterocycles. The molecule has 3 fully saturated rings. The van der Waals surface area contributed by atoms with E-state index in [1.165, 1.54) is 10.5 Å². The molecule has 1 aromatic carbocycles. The van der Waals surface area contributed by atoms with Crippen LogP contribution >= 0.6 is 0 Å². The Morgan fingerprint density at radius 3 is 2.30 bits per heavy atom. The van der Waals surface area contributed by atoms with Gasteiger partial charge in [-0.3, -0.25) is 19.4 Å². The van der Waals surface area contributed by atoms with Crippen LogP contribution in [0.2, 0.25) is 0 Å². The number of hydrogen-bond acceptors (Lipinski definition) is 4. The molecule has 4 amide bonds. The Kier molecular flexibility index (Phi) is 5.82. The Morgan fingerprint density at radius 2 is 1.70 bits per heavy atom. The first-order valence-corrected chi connectivity index (χ1v) is 11.1. The lowest BCUT2D eigenvalue weighted by Gasteiger charge is -2.39. The van der Waals surface area contributed by atoms with Crippen LogP contribution in [0.15, 0.2) is 30.3 Å². The number of piperidine rings is 2. The first kappa shape index (κ1) is 20.8. The van der Waals surface area contributed by atoms with Gasteiger partial charge in [-0.15, -0.1) is 0 Å². The molecule has 30 heavy (non-hydrogen) atoms. The number of likely N-dealkylation sites (tertiary alicyclic amines) is 2. The molecule has 162 valence electrons. The summed E-state index contributed by atoms with van der Waals surface area (Å²) in [5, 5.41) is 2.99. The molecule has 0 aromatic heterocycles. The number of rotatable bonds is 4. The lowest BCUT2D eigenvalue weighted by Crippen LogP contribution is -2.56. The summed E-state index contributed by atoms with van der Waals surface area (Å²) in [5.74, 6) is -0.0274. The van der Waals surface area contributed by atoms with Gasteiger partial charge >= 0.3 is 6.03 Å². The summed E-state index contributed by atoms with van der Waals surface area (Å²) in [6, 6.07) is 10.1. The quantitative estimate of drug-likeness (QED) is 0.770. The van der Waals surface area contributed by atoms with Crippen molar-refractivity contribution in [2.75, 3.05) is 26.2 Å². The summed E-state index contributed by atoms with van der Waals surface area (Å²) in [6.45, 7) is 7.47. The molecule has 0 radical (unpaired) electrons. The molecule has 1 spiro atoms. The van der Waals surface area contributed by atoms with Gasteiger partial charge in [-0.1, -0.05) is 44.2 Å². The van der Waals surface area contributed by atoms with E-state index in [9.17, 15) is 14.4 Å². The highest BCUT2D eigenvalue weighted by atomic mass is 16.2. The average molecular weight is 413 g/mol. The third-order valence-corrected chi connectivity index (χ3v) is 6.79. The standard InChI is InChI=1S/C23H32N4O3/c1-17(2)20(28)26-14-10-23(11-15-26)21(29)27(22(30)24-23)19-8-12-25(13-9-19)16-18-6-4-3-5-7-18/h3-7,17,19H,8-16H2,1-2H3,(H,24,30). The highest BCUT2D eigenvalue weighted by Crippen LogP contribution is 2.33.